The van der Waals surface area contributed by atoms with Gasteiger partial charge < -0.3 is 10.0 Å². The van der Waals surface area contributed by atoms with Crippen LogP contribution in [0.2, 0.25) is 0 Å². The van der Waals surface area contributed by atoms with Gasteiger partial charge in [-0.2, -0.15) is 4.31 Å². The van der Waals surface area contributed by atoms with E-state index in [1.165, 1.54) is 29.2 Å². The van der Waals surface area contributed by atoms with Crippen molar-refractivity contribution in [2.45, 2.75) is 11.8 Å². The number of para-hydroxylation sites is 1. The minimum absolute atomic E-state index is 0.149. The highest BCUT2D eigenvalue weighted by Crippen LogP contribution is 2.24. The zero-order valence-corrected chi connectivity index (χ0v) is 12.0. The molecule has 0 radical (unpaired) electrons. The Morgan fingerprint density at radius 3 is 2.32 bits per heavy atom. The normalized spacial score (nSPS) is 11.6. The number of phenolic OH excluding ortho intramolecular Hbond substituents is 1. The zero-order chi connectivity index (χ0) is 14.6. The molecule has 0 saturated carbocycles. The van der Waals surface area contributed by atoms with Crippen LogP contribution in [0.5, 0.6) is 5.75 Å². The first-order chi connectivity index (χ1) is 8.80. The molecule has 1 aromatic rings. The second kappa shape index (κ2) is 6.03. The number of hydrogen-bond acceptors (Lipinski definition) is 4. The van der Waals surface area contributed by atoms with Gasteiger partial charge in [-0.1, -0.05) is 19.1 Å². The van der Waals surface area contributed by atoms with E-state index in [9.17, 15) is 18.3 Å². The van der Waals surface area contributed by atoms with E-state index < -0.39 is 10.0 Å². The fourth-order valence-electron chi connectivity index (χ4n) is 1.47. The standard InChI is InChI=1S/C12H18N2O4S/c1-4-14(9-12(16)13(2)3)19(17,18)11-8-6-5-7-10(11)15/h5-8,15H,4,9H2,1-3H3. The van der Waals surface area contributed by atoms with Gasteiger partial charge in [0, 0.05) is 20.6 Å². The van der Waals surface area contributed by atoms with E-state index >= 15 is 0 Å². The first-order valence-electron chi connectivity index (χ1n) is 5.79. The van der Waals surface area contributed by atoms with Gasteiger partial charge in [-0.15, -0.1) is 0 Å². The van der Waals surface area contributed by atoms with Gasteiger partial charge in [-0.05, 0) is 12.1 Å². The Kier molecular flexibility index (Phi) is 4.90. The maximum atomic E-state index is 12.3. The molecule has 0 aliphatic heterocycles. The molecule has 0 unspecified atom stereocenters. The molecule has 1 amide bonds. The molecule has 0 heterocycles. The Morgan fingerprint density at radius 1 is 1.26 bits per heavy atom. The second-order valence-corrected chi connectivity index (χ2v) is 6.09. The Balaban J connectivity index is 3.10. The Morgan fingerprint density at radius 2 is 1.84 bits per heavy atom. The van der Waals surface area contributed by atoms with Crippen molar-refractivity contribution < 1.29 is 18.3 Å². The number of aromatic hydroxyl groups is 1. The molecule has 0 bridgehead atoms. The Bertz CT molecular complexity index is 555. The van der Waals surface area contributed by atoms with Gasteiger partial charge in [-0.25, -0.2) is 8.42 Å². The summed E-state index contributed by atoms with van der Waals surface area (Å²) in [5.74, 6) is -0.640. The van der Waals surface area contributed by atoms with Crippen LogP contribution in [-0.2, 0) is 14.8 Å². The lowest BCUT2D eigenvalue weighted by molar-refractivity contribution is -0.128. The first kappa shape index (κ1) is 15.5. The van der Waals surface area contributed by atoms with Crippen LogP contribution in [-0.4, -0.2) is 55.8 Å². The van der Waals surface area contributed by atoms with Crippen molar-refractivity contribution in [3.63, 3.8) is 0 Å². The highest BCUT2D eigenvalue weighted by atomic mass is 32.2. The molecule has 106 valence electrons. The Labute approximate surface area is 113 Å². The minimum atomic E-state index is -3.87. The molecule has 0 aliphatic rings. The van der Waals surface area contributed by atoms with Gasteiger partial charge in [0.25, 0.3) is 0 Å². The number of phenols is 1. The minimum Gasteiger partial charge on any atom is -0.507 e. The molecule has 19 heavy (non-hydrogen) atoms. The van der Waals surface area contributed by atoms with Crippen molar-refractivity contribution in [3.05, 3.63) is 24.3 Å². The summed E-state index contributed by atoms with van der Waals surface area (Å²) in [6.45, 7) is 1.54. The van der Waals surface area contributed by atoms with Gasteiger partial charge >= 0.3 is 0 Å². The van der Waals surface area contributed by atoms with Gasteiger partial charge in [0.05, 0.1) is 6.54 Å². The van der Waals surface area contributed by atoms with E-state index in [0.29, 0.717) is 0 Å². The fourth-order valence-corrected chi connectivity index (χ4v) is 2.95. The predicted molar refractivity (Wildman–Crippen MR) is 71.2 cm³/mol. The maximum absolute atomic E-state index is 12.3. The van der Waals surface area contributed by atoms with E-state index in [1.54, 1.807) is 21.0 Å². The van der Waals surface area contributed by atoms with Gasteiger partial charge in [0.15, 0.2) is 0 Å². The molecule has 0 aromatic heterocycles. The number of nitrogens with zero attached hydrogens (tertiary/aromatic N) is 2. The average Bonchev–Trinajstić information content (AvgIpc) is 2.35. The van der Waals surface area contributed by atoms with Crippen molar-refractivity contribution in [1.82, 2.24) is 9.21 Å². The summed E-state index contributed by atoms with van der Waals surface area (Å²) in [6, 6.07) is 5.67. The van der Waals surface area contributed by atoms with Gasteiger partial charge in [-0.3, -0.25) is 4.79 Å². The van der Waals surface area contributed by atoms with Crippen LogP contribution in [0.25, 0.3) is 0 Å². The van der Waals surface area contributed by atoms with Crippen molar-refractivity contribution >= 4 is 15.9 Å². The molecule has 1 N–H and O–H groups in total. The second-order valence-electron chi connectivity index (χ2n) is 4.19. The summed E-state index contributed by atoms with van der Waals surface area (Å²) >= 11 is 0. The van der Waals surface area contributed by atoms with Gasteiger partial charge in [0.1, 0.15) is 10.6 Å². The third-order valence-corrected chi connectivity index (χ3v) is 4.61. The van der Waals surface area contributed by atoms with Crippen LogP contribution >= 0.6 is 0 Å². The highest BCUT2D eigenvalue weighted by Gasteiger charge is 2.27. The molecule has 6 nitrogen and oxygen atoms in total. The van der Waals surface area contributed by atoms with Crippen molar-refractivity contribution in [2.24, 2.45) is 0 Å². The molecule has 0 atom stereocenters. The lowest BCUT2D eigenvalue weighted by Gasteiger charge is -2.22. The van der Waals surface area contributed by atoms with E-state index in [0.717, 1.165) is 4.31 Å². The van der Waals surface area contributed by atoms with E-state index in [4.69, 9.17) is 0 Å². The predicted octanol–water partition coefficient (Wildman–Crippen LogP) is 0.491. The molecule has 1 aromatic carbocycles. The van der Waals surface area contributed by atoms with Crippen molar-refractivity contribution in [2.75, 3.05) is 27.2 Å². The van der Waals surface area contributed by atoms with Crippen LogP contribution in [0.1, 0.15) is 6.92 Å². The van der Waals surface area contributed by atoms with Crippen LogP contribution < -0.4 is 0 Å². The third-order valence-electron chi connectivity index (χ3n) is 2.65. The summed E-state index contributed by atoms with van der Waals surface area (Å²) < 4.78 is 25.7. The highest BCUT2D eigenvalue weighted by molar-refractivity contribution is 7.89. The summed E-state index contributed by atoms with van der Waals surface area (Å²) in [4.78, 5) is 12.8. The molecule has 0 fully saturated rings. The molecule has 7 heteroatoms. The monoisotopic (exact) mass is 286 g/mol. The van der Waals surface area contributed by atoms with Crippen molar-refractivity contribution in [1.29, 1.82) is 0 Å². The molecular formula is C12H18N2O4S. The molecule has 0 saturated heterocycles. The topological polar surface area (TPSA) is 77.9 Å². The van der Waals surface area contributed by atoms with Crippen LogP contribution in [0, 0.1) is 0 Å². The molecule has 0 spiro atoms. The van der Waals surface area contributed by atoms with E-state index in [2.05, 4.69) is 0 Å². The molecule has 0 aliphatic carbocycles. The SMILES string of the molecule is CCN(CC(=O)N(C)C)S(=O)(=O)c1ccccc1O. The first-order valence-corrected chi connectivity index (χ1v) is 7.23. The maximum Gasteiger partial charge on any atom is 0.247 e. The van der Waals surface area contributed by atoms with Crippen LogP contribution in [0.3, 0.4) is 0 Å². The van der Waals surface area contributed by atoms with E-state index in [1.807, 2.05) is 0 Å². The number of amides is 1. The van der Waals surface area contributed by atoms with Crippen LogP contribution in [0.4, 0.5) is 0 Å². The fraction of sp³-hybridized carbons (Fsp3) is 0.417. The number of hydrogen-bond donors (Lipinski definition) is 1. The summed E-state index contributed by atoms with van der Waals surface area (Å²) in [7, 11) is -0.758. The number of rotatable bonds is 5. The van der Waals surface area contributed by atoms with Gasteiger partial charge in [0.2, 0.25) is 15.9 Å². The lowest BCUT2D eigenvalue weighted by atomic mass is 10.3. The average molecular weight is 286 g/mol. The largest absolute Gasteiger partial charge is 0.507 e. The molecule has 1 rings (SSSR count). The number of carbonyl (C=O) groups is 1. The Hall–Kier alpha value is -1.60. The number of carbonyl (C=O) groups excluding carboxylic acids is 1. The van der Waals surface area contributed by atoms with Crippen molar-refractivity contribution in [3.8, 4) is 5.75 Å². The lowest BCUT2D eigenvalue weighted by Crippen LogP contribution is -2.40. The summed E-state index contributed by atoms with van der Waals surface area (Å²) in [6.07, 6.45) is 0. The third kappa shape index (κ3) is 3.45. The number of sulfonamides is 1. The number of benzene rings is 1. The zero-order valence-electron chi connectivity index (χ0n) is 11.2. The number of likely N-dealkylation sites (N-methyl/N-ethyl adjacent to an activating group) is 2. The van der Waals surface area contributed by atoms with E-state index in [-0.39, 0.29) is 29.6 Å². The smallest absolute Gasteiger partial charge is 0.247 e. The molecular weight excluding hydrogens is 268 g/mol. The summed E-state index contributed by atoms with van der Waals surface area (Å²) in [5.41, 5.74) is 0. The summed E-state index contributed by atoms with van der Waals surface area (Å²) in [5, 5.41) is 9.63. The van der Waals surface area contributed by atoms with Crippen LogP contribution in [0.15, 0.2) is 29.2 Å². The quantitative estimate of drug-likeness (QED) is 0.854.